The topological polar surface area (TPSA) is 9.23 Å². The van der Waals surface area contributed by atoms with Crippen LogP contribution in [0.15, 0.2) is 48.5 Å². The second-order valence-electron chi connectivity index (χ2n) is 3.65. The molecule has 0 aliphatic carbocycles. The lowest BCUT2D eigenvalue weighted by molar-refractivity contribution is 0.479. The number of hydrogen-bond donors (Lipinski definition) is 0. The molecule has 0 heterocycles. The molecule has 2 aromatic carbocycles. The molecule has 16 heavy (non-hydrogen) atoms. The summed E-state index contributed by atoms with van der Waals surface area (Å²) < 4.78 is 5.77. The van der Waals surface area contributed by atoms with E-state index >= 15 is 0 Å². The monoisotopic (exact) mass is 232 g/mol. The van der Waals surface area contributed by atoms with Crippen LogP contribution in [0.2, 0.25) is 0 Å². The van der Waals surface area contributed by atoms with E-state index in [9.17, 15) is 0 Å². The summed E-state index contributed by atoms with van der Waals surface area (Å²) in [5, 5.41) is 0. The zero-order chi connectivity index (χ0) is 11.4. The van der Waals surface area contributed by atoms with Crippen molar-refractivity contribution in [2.45, 2.75) is 12.8 Å². The Hall–Kier alpha value is -1.47. The first-order valence-corrected chi connectivity index (χ1v) is 5.71. The molecule has 0 fully saturated rings. The Labute approximate surface area is 101 Å². The molecule has 0 bridgehead atoms. The van der Waals surface area contributed by atoms with E-state index in [1.165, 1.54) is 0 Å². The van der Waals surface area contributed by atoms with E-state index < -0.39 is 0 Å². The quantitative estimate of drug-likeness (QED) is 0.707. The van der Waals surface area contributed by atoms with Crippen molar-refractivity contribution in [1.29, 1.82) is 0 Å². The number of halogens is 1. The number of rotatable bonds is 3. The van der Waals surface area contributed by atoms with Crippen LogP contribution < -0.4 is 4.74 Å². The predicted molar refractivity (Wildman–Crippen MR) is 67.3 cm³/mol. The van der Waals surface area contributed by atoms with Crippen LogP contribution in [-0.4, -0.2) is 0 Å². The number of ether oxygens (including phenoxy) is 1. The molecule has 2 rings (SSSR count). The third kappa shape index (κ3) is 2.56. The fraction of sp³-hybridized carbons (Fsp3) is 0.143. The lowest BCUT2D eigenvalue weighted by atomic mass is 10.1. The van der Waals surface area contributed by atoms with Crippen LogP contribution >= 0.6 is 11.6 Å². The van der Waals surface area contributed by atoms with Crippen molar-refractivity contribution >= 4 is 11.6 Å². The van der Waals surface area contributed by atoms with Gasteiger partial charge >= 0.3 is 0 Å². The van der Waals surface area contributed by atoms with Gasteiger partial charge in [0.25, 0.3) is 0 Å². The molecule has 0 saturated heterocycles. The Balaban J connectivity index is 2.22. The summed E-state index contributed by atoms with van der Waals surface area (Å²) in [5.41, 5.74) is 2.21. The van der Waals surface area contributed by atoms with Gasteiger partial charge < -0.3 is 4.74 Å². The van der Waals surface area contributed by atoms with Crippen LogP contribution in [0.4, 0.5) is 0 Å². The van der Waals surface area contributed by atoms with Gasteiger partial charge in [0, 0.05) is 5.88 Å². The Morgan fingerprint density at radius 3 is 2.44 bits per heavy atom. The third-order valence-corrected chi connectivity index (χ3v) is 2.67. The van der Waals surface area contributed by atoms with Crippen molar-refractivity contribution in [3.63, 3.8) is 0 Å². The normalized spacial score (nSPS) is 10.1. The van der Waals surface area contributed by atoms with Crippen molar-refractivity contribution in [3.8, 4) is 11.5 Å². The SMILES string of the molecule is Cc1cc(CCl)ccc1Oc1ccccc1. The maximum atomic E-state index is 5.77. The van der Waals surface area contributed by atoms with Gasteiger partial charge in [0.1, 0.15) is 11.5 Å². The van der Waals surface area contributed by atoms with E-state index in [1.54, 1.807) is 0 Å². The van der Waals surface area contributed by atoms with Gasteiger partial charge in [0.15, 0.2) is 0 Å². The van der Waals surface area contributed by atoms with E-state index in [-0.39, 0.29) is 0 Å². The molecule has 0 spiro atoms. The van der Waals surface area contributed by atoms with Crippen molar-refractivity contribution in [2.24, 2.45) is 0 Å². The lowest BCUT2D eigenvalue weighted by Crippen LogP contribution is -1.88. The first kappa shape index (κ1) is 11.0. The minimum atomic E-state index is 0.534. The largest absolute Gasteiger partial charge is 0.457 e. The van der Waals surface area contributed by atoms with Gasteiger partial charge in [-0.25, -0.2) is 0 Å². The Morgan fingerprint density at radius 1 is 1.06 bits per heavy atom. The average Bonchev–Trinajstić information content (AvgIpc) is 2.33. The molecule has 0 aromatic heterocycles. The molecular formula is C14H13ClO. The standard InChI is InChI=1S/C14H13ClO/c1-11-9-12(10-15)7-8-14(11)16-13-5-3-2-4-6-13/h2-9H,10H2,1H3. The summed E-state index contributed by atoms with van der Waals surface area (Å²) in [6, 6.07) is 15.7. The van der Waals surface area contributed by atoms with Gasteiger partial charge in [-0.2, -0.15) is 0 Å². The molecule has 1 nitrogen and oxygen atoms in total. The molecule has 0 radical (unpaired) electrons. The number of para-hydroxylation sites is 1. The summed E-state index contributed by atoms with van der Waals surface area (Å²) in [5.74, 6) is 2.26. The summed E-state index contributed by atoms with van der Waals surface area (Å²) in [6.45, 7) is 2.02. The molecule has 0 amide bonds. The van der Waals surface area contributed by atoms with Crippen LogP contribution in [0.25, 0.3) is 0 Å². The van der Waals surface area contributed by atoms with Gasteiger partial charge in [0.2, 0.25) is 0 Å². The number of alkyl halides is 1. The molecule has 82 valence electrons. The first-order valence-electron chi connectivity index (χ1n) is 5.18. The number of hydrogen-bond acceptors (Lipinski definition) is 1. The van der Waals surface area contributed by atoms with E-state index in [4.69, 9.17) is 16.3 Å². The Morgan fingerprint density at radius 2 is 1.81 bits per heavy atom. The second kappa shape index (κ2) is 5.04. The lowest BCUT2D eigenvalue weighted by Gasteiger charge is -2.09. The minimum absolute atomic E-state index is 0.534. The fourth-order valence-corrected chi connectivity index (χ4v) is 1.69. The van der Waals surface area contributed by atoms with E-state index in [0.717, 1.165) is 22.6 Å². The first-order chi connectivity index (χ1) is 7.79. The van der Waals surface area contributed by atoms with Gasteiger partial charge in [-0.3, -0.25) is 0 Å². The van der Waals surface area contributed by atoms with Crippen molar-refractivity contribution in [3.05, 3.63) is 59.7 Å². The van der Waals surface area contributed by atoms with E-state index in [2.05, 4.69) is 0 Å². The highest BCUT2D eigenvalue weighted by molar-refractivity contribution is 6.17. The summed E-state index contributed by atoms with van der Waals surface area (Å²) in [7, 11) is 0. The molecule has 2 aromatic rings. The summed E-state index contributed by atoms with van der Waals surface area (Å²) in [6.07, 6.45) is 0. The van der Waals surface area contributed by atoms with Gasteiger partial charge in [0.05, 0.1) is 0 Å². The molecule has 0 saturated carbocycles. The van der Waals surface area contributed by atoms with Crippen LogP contribution in [0.5, 0.6) is 11.5 Å². The highest BCUT2D eigenvalue weighted by Crippen LogP contribution is 2.25. The maximum Gasteiger partial charge on any atom is 0.130 e. The smallest absolute Gasteiger partial charge is 0.130 e. The molecule has 0 unspecified atom stereocenters. The predicted octanol–water partition coefficient (Wildman–Crippen LogP) is 4.53. The Kier molecular flexibility index (Phi) is 3.47. The minimum Gasteiger partial charge on any atom is -0.457 e. The Bertz CT molecular complexity index is 465. The van der Waals surface area contributed by atoms with Crippen molar-refractivity contribution in [1.82, 2.24) is 0 Å². The van der Waals surface area contributed by atoms with Gasteiger partial charge in [-0.1, -0.05) is 30.3 Å². The number of benzene rings is 2. The van der Waals surface area contributed by atoms with E-state index in [0.29, 0.717) is 5.88 Å². The second-order valence-corrected chi connectivity index (χ2v) is 3.92. The zero-order valence-corrected chi connectivity index (χ0v) is 9.87. The molecule has 2 heteroatoms. The van der Waals surface area contributed by atoms with Crippen molar-refractivity contribution in [2.75, 3.05) is 0 Å². The molecule has 0 atom stereocenters. The third-order valence-electron chi connectivity index (χ3n) is 2.36. The maximum absolute atomic E-state index is 5.77. The zero-order valence-electron chi connectivity index (χ0n) is 9.11. The number of aryl methyl sites for hydroxylation is 1. The van der Waals surface area contributed by atoms with Crippen LogP contribution in [0.3, 0.4) is 0 Å². The van der Waals surface area contributed by atoms with Gasteiger partial charge in [-0.15, -0.1) is 11.6 Å². The summed E-state index contributed by atoms with van der Waals surface area (Å²) in [4.78, 5) is 0. The van der Waals surface area contributed by atoms with Gasteiger partial charge in [-0.05, 0) is 36.2 Å². The molecule has 0 aliphatic rings. The molecular weight excluding hydrogens is 220 g/mol. The highest BCUT2D eigenvalue weighted by atomic mass is 35.5. The summed E-state index contributed by atoms with van der Waals surface area (Å²) >= 11 is 5.77. The van der Waals surface area contributed by atoms with Crippen molar-refractivity contribution < 1.29 is 4.74 Å². The van der Waals surface area contributed by atoms with E-state index in [1.807, 2.05) is 55.5 Å². The van der Waals surface area contributed by atoms with Crippen LogP contribution in [0.1, 0.15) is 11.1 Å². The fourth-order valence-electron chi connectivity index (χ4n) is 1.52. The molecule has 0 aliphatic heterocycles. The molecule has 0 N–H and O–H groups in total. The highest BCUT2D eigenvalue weighted by Gasteiger charge is 2.01. The van der Waals surface area contributed by atoms with Crippen LogP contribution in [0, 0.1) is 6.92 Å². The van der Waals surface area contributed by atoms with Crippen LogP contribution in [-0.2, 0) is 5.88 Å². The average molecular weight is 233 g/mol.